The Morgan fingerprint density at radius 2 is 2.06 bits per heavy atom. The lowest BCUT2D eigenvalue weighted by Crippen LogP contribution is -2.10. The summed E-state index contributed by atoms with van der Waals surface area (Å²) in [6, 6.07) is 5.11. The molecule has 0 aliphatic rings. The van der Waals surface area contributed by atoms with E-state index in [2.05, 4.69) is 15.9 Å². The lowest BCUT2D eigenvalue weighted by molar-refractivity contribution is -0.137. The number of alkyl halides is 5. The van der Waals surface area contributed by atoms with Crippen molar-refractivity contribution in [3.63, 3.8) is 0 Å². The first-order valence-electron chi connectivity index (χ1n) is 4.89. The summed E-state index contributed by atoms with van der Waals surface area (Å²) in [5.74, 6) is 0.308. The molecule has 6 heteroatoms. The van der Waals surface area contributed by atoms with Crippen LogP contribution in [-0.4, -0.2) is 17.8 Å². The fraction of sp³-hybridized carbons (Fsp3) is 0.455. The predicted molar refractivity (Wildman–Crippen MR) is 64.7 cm³/mol. The highest BCUT2D eigenvalue weighted by atomic mass is 79.9. The minimum atomic E-state index is -4.33. The van der Waals surface area contributed by atoms with E-state index in [1.165, 1.54) is 6.07 Å². The molecule has 0 aromatic heterocycles. The van der Waals surface area contributed by atoms with Crippen molar-refractivity contribution in [2.45, 2.75) is 12.3 Å². The summed E-state index contributed by atoms with van der Waals surface area (Å²) in [7, 11) is 0. The molecule has 1 rings (SSSR count). The molecule has 1 aromatic carbocycles. The minimum absolute atomic E-state index is 0.300. The molecule has 17 heavy (non-hydrogen) atoms. The van der Waals surface area contributed by atoms with Gasteiger partial charge in [-0.1, -0.05) is 28.1 Å². The number of benzene rings is 1. The van der Waals surface area contributed by atoms with Gasteiger partial charge in [-0.3, -0.25) is 0 Å². The molecule has 0 amide bonds. The molecule has 0 bridgehead atoms. The first-order chi connectivity index (χ1) is 7.99. The fourth-order valence-corrected chi connectivity index (χ4v) is 1.98. The zero-order chi connectivity index (χ0) is 12.9. The normalized spacial score (nSPS) is 13.7. The fourth-order valence-electron chi connectivity index (χ4n) is 1.33. The molecule has 0 aliphatic heterocycles. The van der Waals surface area contributed by atoms with E-state index in [9.17, 15) is 13.2 Å². The van der Waals surface area contributed by atoms with Crippen LogP contribution in [0.2, 0.25) is 0 Å². The van der Waals surface area contributed by atoms with E-state index in [4.69, 9.17) is 16.3 Å². The topological polar surface area (TPSA) is 9.23 Å². The minimum Gasteiger partial charge on any atom is -0.371 e. The van der Waals surface area contributed by atoms with E-state index in [-0.39, 0.29) is 0 Å². The van der Waals surface area contributed by atoms with Crippen LogP contribution in [-0.2, 0) is 10.9 Å². The molecule has 0 radical (unpaired) electrons. The van der Waals surface area contributed by atoms with Crippen molar-refractivity contribution >= 4 is 27.5 Å². The molecule has 0 aliphatic carbocycles. The van der Waals surface area contributed by atoms with Crippen LogP contribution in [0, 0.1) is 0 Å². The van der Waals surface area contributed by atoms with E-state index < -0.39 is 17.8 Å². The summed E-state index contributed by atoms with van der Waals surface area (Å²) >= 11 is 8.68. The third-order valence-corrected chi connectivity index (χ3v) is 2.86. The molecule has 96 valence electrons. The molecule has 0 saturated heterocycles. The molecular weight excluding hydrogens is 320 g/mol. The van der Waals surface area contributed by atoms with E-state index >= 15 is 0 Å². The van der Waals surface area contributed by atoms with Gasteiger partial charge in [-0.2, -0.15) is 13.2 Å². The number of hydrogen-bond acceptors (Lipinski definition) is 1. The Morgan fingerprint density at radius 3 is 2.59 bits per heavy atom. The van der Waals surface area contributed by atoms with Crippen molar-refractivity contribution in [3.05, 3.63) is 35.4 Å². The molecule has 0 fully saturated rings. The van der Waals surface area contributed by atoms with Gasteiger partial charge < -0.3 is 4.74 Å². The monoisotopic (exact) mass is 330 g/mol. The van der Waals surface area contributed by atoms with Gasteiger partial charge in [0.1, 0.15) is 0 Å². The third kappa shape index (κ3) is 4.48. The molecular formula is C11H11BrClF3O. The van der Waals surface area contributed by atoms with Crippen LogP contribution < -0.4 is 0 Å². The van der Waals surface area contributed by atoms with E-state index in [0.717, 1.165) is 12.1 Å². The van der Waals surface area contributed by atoms with Gasteiger partial charge in [-0.15, -0.1) is 11.6 Å². The van der Waals surface area contributed by atoms with Gasteiger partial charge in [0.2, 0.25) is 0 Å². The average Bonchev–Trinajstić information content (AvgIpc) is 2.29. The van der Waals surface area contributed by atoms with Gasteiger partial charge in [-0.25, -0.2) is 0 Å². The summed E-state index contributed by atoms with van der Waals surface area (Å²) < 4.78 is 42.9. The van der Waals surface area contributed by atoms with Gasteiger partial charge in [0.05, 0.1) is 18.3 Å². The van der Waals surface area contributed by atoms with E-state index in [0.29, 0.717) is 23.4 Å². The van der Waals surface area contributed by atoms with Gasteiger partial charge >= 0.3 is 6.18 Å². The molecule has 1 atom stereocenters. The van der Waals surface area contributed by atoms with Crippen LogP contribution in [0.3, 0.4) is 0 Å². The molecule has 1 unspecified atom stereocenters. The summed E-state index contributed by atoms with van der Waals surface area (Å²) in [6.45, 7) is 0.300. The van der Waals surface area contributed by atoms with Crippen LogP contribution in [0.4, 0.5) is 13.2 Å². The van der Waals surface area contributed by atoms with Crippen molar-refractivity contribution in [1.82, 2.24) is 0 Å². The van der Waals surface area contributed by atoms with Gasteiger partial charge in [0.15, 0.2) is 0 Å². The molecule has 0 N–H and O–H groups in total. The highest BCUT2D eigenvalue weighted by molar-refractivity contribution is 9.09. The number of hydrogen-bond donors (Lipinski definition) is 0. The molecule has 0 saturated carbocycles. The second-order valence-electron chi connectivity index (χ2n) is 3.33. The Morgan fingerprint density at radius 1 is 1.35 bits per heavy atom. The maximum atomic E-state index is 12.5. The largest absolute Gasteiger partial charge is 0.416 e. The van der Waals surface area contributed by atoms with Crippen molar-refractivity contribution in [3.8, 4) is 0 Å². The molecule has 0 heterocycles. The second kappa shape index (κ2) is 6.61. The Kier molecular flexibility index (Phi) is 5.76. The highest BCUT2D eigenvalue weighted by Crippen LogP contribution is 2.31. The van der Waals surface area contributed by atoms with Crippen LogP contribution in [0.25, 0.3) is 0 Å². The van der Waals surface area contributed by atoms with Crippen LogP contribution >= 0.6 is 27.5 Å². The first-order valence-corrected chi connectivity index (χ1v) is 6.55. The Labute approximate surface area is 111 Å². The Bertz CT molecular complexity index is 357. The maximum absolute atomic E-state index is 12.5. The SMILES string of the molecule is FC(F)(F)c1cccc(C(CBr)OCCCl)c1. The van der Waals surface area contributed by atoms with Crippen molar-refractivity contribution in [2.75, 3.05) is 17.8 Å². The lowest BCUT2D eigenvalue weighted by Gasteiger charge is -2.16. The van der Waals surface area contributed by atoms with Crippen LogP contribution in [0.5, 0.6) is 0 Å². The molecule has 1 aromatic rings. The van der Waals surface area contributed by atoms with Gasteiger partial charge in [0.25, 0.3) is 0 Å². The van der Waals surface area contributed by atoms with Crippen LogP contribution in [0.15, 0.2) is 24.3 Å². The Balaban J connectivity index is 2.89. The summed E-state index contributed by atoms with van der Waals surface area (Å²) in [6.07, 6.45) is -4.75. The molecule has 1 nitrogen and oxygen atoms in total. The predicted octanol–water partition coefficient (Wildman–Crippen LogP) is 4.40. The zero-order valence-electron chi connectivity index (χ0n) is 8.81. The van der Waals surface area contributed by atoms with Crippen molar-refractivity contribution in [1.29, 1.82) is 0 Å². The summed E-state index contributed by atoms with van der Waals surface area (Å²) in [4.78, 5) is 0. The Hall–Kier alpha value is -0.260. The first kappa shape index (κ1) is 14.8. The zero-order valence-corrected chi connectivity index (χ0v) is 11.1. The summed E-state index contributed by atoms with van der Waals surface area (Å²) in [5, 5.41) is 0.422. The quantitative estimate of drug-likeness (QED) is 0.727. The molecule has 0 spiro atoms. The van der Waals surface area contributed by atoms with E-state index in [1.807, 2.05) is 0 Å². The van der Waals surface area contributed by atoms with Gasteiger partial charge in [0, 0.05) is 11.2 Å². The number of rotatable bonds is 5. The number of halogens is 5. The average molecular weight is 332 g/mol. The standard InChI is InChI=1S/C11H11BrClF3O/c12-7-10(17-5-4-13)8-2-1-3-9(6-8)11(14,15)16/h1-3,6,10H,4-5,7H2. The third-order valence-electron chi connectivity index (χ3n) is 2.12. The lowest BCUT2D eigenvalue weighted by atomic mass is 10.1. The smallest absolute Gasteiger partial charge is 0.371 e. The van der Waals surface area contributed by atoms with Crippen molar-refractivity contribution in [2.24, 2.45) is 0 Å². The van der Waals surface area contributed by atoms with Crippen molar-refractivity contribution < 1.29 is 17.9 Å². The van der Waals surface area contributed by atoms with Gasteiger partial charge in [-0.05, 0) is 17.7 Å². The van der Waals surface area contributed by atoms with E-state index in [1.54, 1.807) is 6.07 Å². The number of ether oxygens (including phenoxy) is 1. The second-order valence-corrected chi connectivity index (χ2v) is 4.35. The maximum Gasteiger partial charge on any atom is 0.416 e. The highest BCUT2D eigenvalue weighted by Gasteiger charge is 2.30. The van der Waals surface area contributed by atoms with Crippen LogP contribution in [0.1, 0.15) is 17.2 Å². The summed E-state index contributed by atoms with van der Waals surface area (Å²) in [5.41, 5.74) is -0.183.